The Balaban J connectivity index is 2.16. The van der Waals surface area contributed by atoms with Crippen LogP contribution in [0.1, 0.15) is 12.2 Å². The van der Waals surface area contributed by atoms with E-state index in [1.807, 2.05) is 0 Å². The zero-order valence-corrected chi connectivity index (χ0v) is 12.0. The van der Waals surface area contributed by atoms with Crippen molar-refractivity contribution in [3.05, 3.63) is 30.1 Å². The molecule has 8 nitrogen and oxygen atoms in total. The van der Waals surface area contributed by atoms with Crippen LogP contribution in [0.4, 0.5) is 5.69 Å². The van der Waals surface area contributed by atoms with Gasteiger partial charge in [-0.2, -0.15) is 5.10 Å². The number of H-pyrrole nitrogens is 1. The van der Waals surface area contributed by atoms with Crippen molar-refractivity contribution in [2.45, 2.75) is 13.3 Å². The molecule has 0 aliphatic heterocycles. The van der Waals surface area contributed by atoms with Crippen LogP contribution in [-0.4, -0.2) is 40.4 Å². The molecule has 0 saturated heterocycles. The molecule has 0 saturated carbocycles. The fourth-order valence-corrected chi connectivity index (χ4v) is 2.68. The number of aryl methyl sites for hydroxylation is 1. The van der Waals surface area contributed by atoms with E-state index in [2.05, 4.69) is 19.9 Å². The number of aromatic nitrogens is 3. The predicted molar refractivity (Wildman–Crippen MR) is 76.2 cm³/mol. The quantitative estimate of drug-likeness (QED) is 0.731. The lowest BCUT2D eigenvalue weighted by molar-refractivity contribution is -0.136. The van der Waals surface area contributed by atoms with Gasteiger partial charge in [0.15, 0.2) is 5.82 Å². The van der Waals surface area contributed by atoms with Crippen molar-refractivity contribution in [2.75, 3.05) is 10.5 Å². The van der Waals surface area contributed by atoms with Gasteiger partial charge in [-0.15, -0.1) is 0 Å². The largest absolute Gasteiger partial charge is 0.481 e. The predicted octanol–water partition coefficient (Wildman–Crippen LogP) is 0.997. The van der Waals surface area contributed by atoms with Crippen molar-refractivity contribution in [2.24, 2.45) is 0 Å². The van der Waals surface area contributed by atoms with Gasteiger partial charge < -0.3 is 5.11 Å². The lowest BCUT2D eigenvalue weighted by Crippen LogP contribution is -2.18. The summed E-state index contributed by atoms with van der Waals surface area (Å²) in [5.74, 6) is -0.534. The maximum atomic E-state index is 11.7. The topological polar surface area (TPSA) is 125 Å². The van der Waals surface area contributed by atoms with Crippen LogP contribution < -0.4 is 4.72 Å². The summed E-state index contributed by atoms with van der Waals surface area (Å²) in [4.78, 5) is 14.6. The van der Waals surface area contributed by atoms with Gasteiger partial charge in [-0.05, 0) is 19.1 Å². The summed E-state index contributed by atoms with van der Waals surface area (Å²) in [7, 11) is -3.70. The summed E-state index contributed by atoms with van der Waals surface area (Å²) < 4.78 is 25.8. The number of nitrogens with one attached hydrogen (secondary N) is 2. The first-order valence-electron chi connectivity index (χ1n) is 6.07. The third-order valence-corrected chi connectivity index (χ3v) is 3.86. The lowest BCUT2D eigenvalue weighted by Gasteiger charge is -2.07. The highest BCUT2D eigenvalue weighted by atomic mass is 32.2. The molecule has 2 aromatic rings. The molecule has 112 valence electrons. The summed E-state index contributed by atoms with van der Waals surface area (Å²) in [6.45, 7) is 1.76. The van der Waals surface area contributed by atoms with Crippen LogP contribution in [0.25, 0.3) is 11.4 Å². The number of aromatic amines is 1. The molecule has 1 aromatic heterocycles. The van der Waals surface area contributed by atoms with E-state index in [9.17, 15) is 13.2 Å². The molecule has 9 heteroatoms. The molecule has 0 aliphatic carbocycles. The first-order valence-corrected chi connectivity index (χ1v) is 7.73. The van der Waals surface area contributed by atoms with Gasteiger partial charge in [-0.3, -0.25) is 14.6 Å². The minimum absolute atomic E-state index is 0.334. The number of nitrogens with zero attached hydrogens (tertiary/aromatic N) is 2. The average molecular weight is 310 g/mol. The zero-order valence-electron chi connectivity index (χ0n) is 11.2. The monoisotopic (exact) mass is 310 g/mol. The van der Waals surface area contributed by atoms with Crippen LogP contribution in [0.2, 0.25) is 0 Å². The number of carboxylic acid groups (broad SMARTS) is 1. The second-order valence-electron chi connectivity index (χ2n) is 4.39. The molecule has 1 heterocycles. The number of hydrogen-bond donors (Lipinski definition) is 3. The molecule has 0 fully saturated rings. The number of anilines is 1. The minimum Gasteiger partial charge on any atom is -0.481 e. The normalized spacial score (nSPS) is 11.3. The van der Waals surface area contributed by atoms with Gasteiger partial charge in [-0.1, -0.05) is 12.1 Å². The van der Waals surface area contributed by atoms with Crippen LogP contribution in [0.15, 0.2) is 24.3 Å². The number of carboxylic acids is 1. The van der Waals surface area contributed by atoms with Gasteiger partial charge in [0, 0.05) is 11.3 Å². The van der Waals surface area contributed by atoms with Crippen molar-refractivity contribution in [1.82, 2.24) is 15.2 Å². The molecule has 0 bridgehead atoms. The van der Waals surface area contributed by atoms with E-state index in [0.29, 0.717) is 22.9 Å². The summed E-state index contributed by atoms with van der Waals surface area (Å²) in [5.41, 5.74) is 0.984. The number of aliphatic carboxylic acids is 1. The van der Waals surface area contributed by atoms with E-state index < -0.39 is 28.2 Å². The second-order valence-corrected chi connectivity index (χ2v) is 6.23. The fourth-order valence-electron chi connectivity index (χ4n) is 1.65. The Morgan fingerprint density at radius 2 is 2.19 bits per heavy atom. The molecule has 2 rings (SSSR count). The van der Waals surface area contributed by atoms with Gasteiger partial charge >= 0.3 is 5.97 Å². The average Bonchev–Trinajstić information content (AvgIpc) is 2.83. The van der Waals surface area contributed by atoms with Crippen molar-refractivity contribution < 1.29 is 18.3 Å². The van der Waals surface area contributed by atoms with Gasteiger partial charge in [0.25, 0.3) is 0 Å². The van der Waals surface area contributed by atoms with Gasteiger partial charge in [-0.25, -0.2) is 13.4 Å². The SMILES string of the molecule is Cc1nc(-c2cccc(NS(=O)(=O)CCC(=O)O)c2)n[nH]1. The summed E-state index contributed by atoms with van der Waals surface area (Å²) in [6.07, 6.45) is -0.449. The summed E-state index contributed by atoms with van der Waals surface area (Å²) in [5, 5.41) is 15.2. The molecule has 0 atom stereocenters. The van der Waals surface area contributed by atoms with E-state index in [-0.39, 0.29) is 0 Å². The highest BCUT2D eigenvalue weighted by molar-refractivity contribution is 7.92. The molecule has 21 heavy (non-hydrogen) atoms. The van der Waals surface area contributed by atoms with Crippen molar-refractivity contribution in [3.8, 4) is 11.4 Å². The molecule has 3 N–H and O–H groups in total. The number of rotatable bonds is 6. The Bertz CT molecular complexity index is 754. The van der Waals surface area contributed by atoms with Gasteiger partial charge in [0.1, 0.15) is 5.82 Å². The van der Waals surface area contributed by atoms with Crippen LogP contribution in [0, 0.1) is 6.92 Å². The molecule has 0 aliphatic rings. The zero-order chi connectivity index (χ0) is 15.5. The fraction of sp³-hybridized carbons (Fsp3) is 0.250. The summed E-state index contributed by atoms with van der Waals surface area (Å²) >= 11 is 0. The highest BCUT2D eigenvalue weighted by Crippen LogP contribution is 2.20. The first-order chi connectivity index (χ1) is 9.85. The molecule has 0 unspecified atom stereocenters. The van der Waals surface area contributed by atoms with Gasteiger partial charge in [0.05, 0.1) is 12.2 Å². The van der Waals surface area contributed by atoms with E-state index >= 15 is 0 Å². The maximum Gasteiger partial charge on any atom is 0.304 e. The van der Waals surface area contributed by atoms with Crippen LogP contribution >= 0.6 is 0 Å². The third kappa shape index (κ3) is 4.28. The van der Waals surface area contributed by atoms with Crippen molar-refractivity contribution >= 4 is 21.7 Å². The molecular weight excluding hydrogens is 296 g/mol. The molecular formula is C12H14N4O4S. The Morgan fingerprint density at radius 1 is 1.43 bits per heavy atom. The van der Waals surface area contributed by atoms with Crippen molar-refractivity contribution in [1.29, 1.82) is 0 Å². The molecule has 0 amide bonds. The number of sulfonamides is 1. The van der Waals surface area contributed by atoms with Crippen LogP contribution in [-0.2, 0) is 14.8 Å². The van der Waals surface area contributed by atoms with Crippen molar-refractivity contribution in [3.63, 3.8) is 0 Å². The van der Waals surface area contributed by atoms with E-state index in [4.69, 9.17) is 5.11 Å². The van der Waals surface area contributed by atoms with Crippen LogP contribution in [0.3, 0.4) is 0 Å². The van der Waals surface area contributed by atoms with E-state index in [1.165, 1.54) is 0 Å². The Kier molecular flexibility index (Phi) is 4.22. The molecule has 0 radical (unpaired) electrons. The van der Waals surface area contributed by atoms with E-state index in [0.717, 1.165) is 0 Å². The Labute approximate surface area is 121 Å². The second kappa shape index (κ2) is 5.92. The number of carbonyl (C=O) groups is 1. The van der Waals surface area contributed by atoms with Gasteiger partial charge in [0.2, 0.25) is 10.0 Å². The molecule has 0 spiro atoms. The third-order valence-electron chi connectivity index (χ3n) is 2.58. The first kappa shape index (κ1) is 15.0. The standard InChI is InChI=1S/C12H14N4O4S/c1-8-13-12(15-14-8)9-3-2-4-10(7-9)16-21(19,20)6-5-11(17)18/h2-4,7,16H,5-6H2,1H3,(H,17,18)(H,13,14,15). The minimum atomic E-state index is -3.70. The molecule has 1 aromatic carbocycles. The summed E-state index contributed by atoms with van der Waals surface area (Å²) in [6, 6.07) is 6.57. The lowest BCUT2D eigenvalue weighted by atomic mass is 10.2. The van der Waals surface area contributed by atoms with Crippen LogP contribution in [0.5, 0.6) is 0 Å². The highest BCUT2D eigenvalue weighted by Gasteiger charge is 2.13. The Morgan fingerprint density at radius 3 is 2.81 bits per heavy atom. The van der Waals surface area contributed by atoms with E-state index in [1.54, 1.807) is 31.2 Å². The number of hydrogen-bond acceptors (Lipinski definition) is 5. The number of benzene rings is 1. The Hall–Kier alpha value is -2.42. The maximum absolute atomic E-state index is 11.7. The smallest absolute Gasteiger partial charge is 0.304 e.